The number of aryl methyl sites for hydroxylation is 1. The molecule has 2 aliphatic rings. The molecule has 4 rings (SSSR count). The number of benzene rings is 2. The predicted octanol–water partition coefficient (Wildman–Crippen LogP) is 3.40. The van der Waals surface area contributed by atoms with Crippen LogP contribution >= 0.6 is 11.3 Å². The fourth-order valence-corrected chi connectivity index (χ4v) is 3.62. The molecule has 0 saturated heterocycles. The molecule has 0 N–H and O–H groups in total. The monoisotopic (exact) mass is 294 g/mol. The van der Waals surface area contributed by atoms with Gasteiger partial charge in [-0.05, 0) is 24.6 Å². The van der Waals surface area contributed by atoms with E-state index in [2.05, 4.69) is 0 Å². The molecule has 102 valence electrons. The lowest BCUT2D eigenvalue weighted by Gasteiger charge is -2.01. The number of hydrogen-bond donors (Lipinski definition) is 0. The summed E-state index contributed by atoms with van der Waals surface area (Å²) in [5.74, 6) is 0. The molecule has 0 radical (unpaired) electrons. The third kappa shape index (κ3) is 1.73. The molecule has 0 spiro atoms. The van der Waals surface area contributed by atoms with Gasteiger partial charge in [0.1, 0.15) is 10.1 Å². The standard InChI is InChI=1S/C17H10O3S/c1-9-6-7-12-13(8-9)21-17-15(19)11-5-3-2-4-10(11)14(18)16(17)20-12/h2-8H,1H3. The second-order valence-corrected chi connectivity index (χ2v) is 6.07. The largest absolute Gasteiger partial charge is 0.450 e. The van der Waals surface area contributed by atoms with Crippen molar-refractivity contribution in [2.45, 2.75) is 6.92 Å². The van der Waals surface area contributed by atoms with Crippen molar-refractivity contribution in [2.75, 3.05) is 0 Å². The highest BCUT2D eigenvalue weighted by atomic mass is 32.1. The molecule has 3 nitrogen and oxygen atoms in total. The van der Waals surface area contributed by atoms with Crippen molar-refractivity contribution in [1.29, 1.82) is 0 Å². The fourth-order valence-electron chi connectivity index (χ4n) is 2.51. The smallest absolute Gasteiger partial charge is 0.230 e. The van der Waals surface area contributed by atoms with Crippen LogP contribution in [0, 0.1) is 16.9 Å². The Balaban J connectivity index is 2.40. The van der Waals surface area contributed by atoms with Gasteiger partial charge in [0.2, 0.25) is 10.9 Å². The molecule has 0 bridgehead atoms. The van der Waals surface area contributed by atoms with Crippen LogP contribution in [0.2, 0.25) is 0 Å². The molecule has 0 fully saturated rings. The number of fused-ring (bicyclic) bond motifs is 2. The maximum atomic E-state index is 12.6. The number of hydrogen-bond acceptors (Lipinski definition) is 4. The Kier molecular flexibility index (Phi) is 2.50. The Morgan fingerprint density at radius 1 is 0.952 bits per heavy atom. The molecule has 0 aromatic heterocycles. The van der Waals surface area contributed by atoms with Crippen LogP contribution in [0.5, 0.6) is 0 Å². The maximum Gasteiger partial charge on any atom is 0.230 e. The number of rotatable bonds is 0. The van der Waals surface area contributed by atoms with Crippen molar-refractivity contribution in [1.82, 2.24) is 0 Å². The molecule has 1 aliphatic heterocycles. The highest BCUT2D eigenvalue weighted by molar-refractivity contribution is 7.16. The summed E-state index contributed by atoms with van der Waals surface area (Å²) in [6, 6.07) is 12.6. The molecule has 0 amide bonds. The molecule has 2 aromatic carbocycles. The summed E-state index contributed by atoms with van der Waals surface area (Å²) >= 11 is 1.31. The van der Waals surface area contributed by atoms with Gasteiger partial charge in [-0.25, -0.2) is 0 Å². The van der Waals surface area contributed by atoms with Crippen molar-refractivity contribution in [2.24, 2.45) is 0 Å². The van der Waals surface area contributed by atoms with E-state index in [1.807, 2.05) is 25.1 Å². The van der Waals surface area contributed by atoms with Crippen LogP contribution in [0.4, 0.5) is 0 Å². The first-order valence-electron chi connectivity index (χ1n) is 6.54. The van der Waals surface area contributed by atoms with Gasteiger partial charge in [0, 0.05) is 10.8 Å². The summed E-state index contributed by atoms with van der Waals surface area (Å²) in [5.41, 5.74) is 1.50. The summed E-state index contributed by atoms with van der Waals surface area (Å²) in [6.07, 6.45) is 0. The van der Waals surface area contributed by atoms with E-state index in [0.717, 1.165) is 10.3 Å². The van der Waals surface area contributed by atoms with Crippen LogP contribution in [0.1, 0.15) is 5.56 Å². The molecule has 0 atom stereocenters. The lowest BCUT2D eigenvalue weighted by Crippen LogP contribution is -2.13. The quantitative estimate of drug-likeness (QED) is 0.499. The minimum atomic E-state index is -0.223. The molecule has 2 aromatic rings. The zero-order chi connectivity index (χ0) is 14.6. The molecule has 1 heterocycles. The van der Waals surface area contributed by atoms with E-state index in [1.165, 1.54) is 11.3 Å². The average Bonchev–Trinajstić information content (AvgIpc) is 2.51. The van der Waals surface area contributed by atoms with Crippen molar-refractivity contribution in [3.8, 4) is 0 Å². The van der Waals surface area contributed by atoms with Crippen molar-refractivity contribution in [3.63, 3.8) is 0 Å². The lowest BCUT2D eigenvalue weighted by atomic mass is 10.1. The van der Waals surface area contributed by atoms with E-state index in [4.69, 9.17) is 4.42 Å². The van der Waals surface area contributed by atoms with Crippen molar-refractivity contribution in [3.05, 3.63) is 78.4 Å². The molecule has 21 heavy (non-hydrogen) atoms. The van der Waals surface area contributed by atoms with Gasteiger partial charge >= 0.3 is 0 Å². The average molecular weight is 294 g/mol. The SMILES string of the molecule is Cc1ccc2oc3c(=O)c4ccccc4c(=O)c=3sc2c1. The highest BCUT2D eigenvalue weighted by Crippen LogP contribution is 2.21. The minimum Gasteiger partial charge on any atom is -0.450 e. The summed E-state index contributed by atoms with van der Waals surface area (Å²) in [7, 11) is 0. The lowest BCUT2D eigenvalue weighted by molar-refractivity contribution is 0.567. The van der Waals surface area contributed by atoms with Crippen LogP contribution < -0.4 is 10.9 Å². The topological polar surface area (TPSA) is 47.3 Å². The van der Waals surface area contributed by atoms with Crippen LogP contribution in [-0.2, 0) is 0 Å². The highest BCUT2D eigenvalue weighted by Gasteiger charge is 2.11. The molecule has 0 saturated carbocycles. The summed E-state index contributed by atoms with van der Waals surface area (Å²) in [6.45, 7) is 1.98. The fraction of sp³-hybridized carbons (Fsp3) is 0.0588. The van der Waals surface area contributed by atoms with E-state index in [-0.39, 0.29) is 16.3 Å². The maximum absolute atomic E-state index is 12.6. The molecule has 0 unspecified atom stereocenters. The van der Waals surface area contributed by atoms with E-state index >= 15 is 0 Å². The van der Waals surface area contributed by atoms with Gasteiger partial charge < -0.3 is 4.42 Å². The summed E-state index contributed by atoms with van der Waals surface area (Å²) < 4.78 is 6.97. The third-order valence-electron chi connectivity index (χ3n) is 3.56. The Morgan fingerprint density at radius 3 is 2.43 bits per heavy atom. The van der Waals surface area contributed by atoms with Gasteiger partial charge in [-0.1, -0.05) is 30.3 Å². The zero-order valence-corrected chi connectivity index (χ0v) is 12.0. The predicted molar refractivity (Wildman–Crippen MR) is 84.2 cm³/mol. The van der Waals surface area contributed by atoms with E-state index in [1.54, 1.807) is 24.3 Å². The van der Waals surface area contributed by atoms with Crippen LogP contribution in [-0.4, -0.2) is 0 Å². The second-order valence-electron chi connectivity index (χ2n) is 5.02. The Hall–Kier alpha value is -2.46. The van der Waals surface area contributed by atoms with Gasteiger partial charge in [0.05, 0.1) is 4.70 Å². The first-order valence-corrected chi connectivity index (χ1v) is 7.36. The molecular formula is C17H10O3S. The van der Waals surface area contributed by atoms with E-state index in [0.29, 0.717) is 20.9 Å². The summed E-state index contributed by atoms with van der Waals surface area (Å²) in [5, 5.41) is 0.867. The Morgan fingerprint density at radius 2 is 1.67 bits per heavy atom. The third-order valence-corrected chi connectivity index (χ3v) is 4.67. The van der Waals surface area contributed by atoms with Gasteiger partial charge in [-0.2, -0.15) is 0 Å². The normalized spacial score (nSPS) is 11.5. The molecule has 4 heteroatoms. The molecular weight excluding hydrogens is 284 g/mol. The van der Waals surface area contributed by atoms with Crippen LogP contribution in [0.25, 0.3) is 21.1 Å². The molecule has 1 aliphatic carbocycles. The van der Waals surface area contributed by atoms with Crippen LogP contribution in [0.3, 0.4) is 0 Å². The van der Waals surface area contributed by atoms with Gasteiger partial charge in [0.25, 0.3) is 0 Å². The van der Waals surface area contributed by atoms with E-state index < -0.39 is 0 Å². The van der Waals surface area contributed by atoms with Gasteiger partial charge in [-0.3, -0.25) is 9.59 Å². The summed E-state index contributed by atoms with van der Waals surface area (Å²) in [4.78, 5) is 25.1. The van der Waals surface area contributed by atoms with Crippen molar-refractivity contribution >= 4 is 32.4 Å². The van der Waals surface area contributed by atoms with E-state index in [9.17, 15) is 9.59 Å². The van der Waals surface area contributed by atoms with Gasteiger partial charge in [0.15, 0.2) is 5.42 Å². The zero-order valence-electron chi connectivity index (χ0n) is 11.2. The Labute approximate surface area is 122 Å². The minimum absolute atomic E-state index is 0.141. The first-order chi connectivity index (χ1) is 10.1. The van der Waals surface area contributed by atoms with Gasteiger partial charge in [-0.15, -0.1) is 11.3 Å². The first kappa shape index (κ1) is 12.3. The van der Waals surface area contributed by atoms with Crippen molar-refractivity contribution < 1.29 is 4.42 Å². The Bertz CT molecular complexity index is 1180. The van der Waals surface area contributed by atoms with Crippen LogP contribution in [0.15, 0.2) is 56.5 Å². The second kappa shape index (κ2) is 4.27.